The summed E-state index contributed by atoms with van der Waals surface area (Å²) in [7, 11) is 0. The van der Waals surface area contributed by atoms with Crippen LogP contribution in [0.25, 0.3) is 0 Å². The molecule has 8 nitrogen and oxygen atoms in total. The minimum Gasteiger partial charge on any atom is -0.366 e. The van der Waals surface area contributed by atoms with Crippen molar-refractivity contribution in [2.24, 2.45) is 5.73 Å². The third kappa shape index (κ3) is 1.64. The first-order valence-corrected chi connectivity index (χ1v) is 4.30. The van der Waals surface area contributed by atoms with Crippen molar-refractivity contribution in [1.82, 2.24) is 0 Å². The maximum absolute atomic E-state index is 11.0. The molecule has 8 heteroatoms. The lowest BCUT2D eigenvalue weighted by atomic mass is 9.91. The summed E-state index contributed by atoms with van der Waals surface area (Å²) in [6, 6.07) is 0. The quantitative estimate of drug-likeness (QED) is 0.412. The molecule has 0 unspecified atom stereocenters. The fourth-order valence-corrected chi connectivity index (χ4v) is 1.40. The molecule has 0 aromatic carbocycles. The van der Waals surface area contributed by atoms with Crippen molar-refractivity contribution in [1.29, 1.82) is 0 Å². The molecule has 0 aliphatic heterocycles. The second-order valence-corrected chi connectivity index (χ2v) is 3.41. The van der Waals surface area contributed by atoms with Gasteiger partial charge < -0.3 is 5.73 Å². The average Bonchev–Trinajstić information content (AvgIpc) is 2.17. The lowest BCUT2D eigenvalue weighted by Gasteiger charge is -2.18. The number of primary amides is 1. The Morgan fingerprint density at radius 2 is 1.94 bits per heavy atom. The summed E-state index contributed by atoms with van der Waals surface area (Å²) in [6.07, 6.45) is 1.59. The van der Waals surface area contributed by atoms with Gasteiger partial charge in [0.25, 0.3) is 0 Å². The molecule has 0 saturated carbocycles. The Kier molecular flexibility index (Phi) is 2.75. The topological polar surface area (TPSA) is 129 Å². The number of nitro groups is 2. The van der Waals surface area contributed by atoms with E-state index in [1.807, 2.05) is 0 Å². The Labute approximate surface area is 89.7 Å². The minimum atomic E-state index is -2.48. The molecule has 16 heavy (non-hydrogen) atoms. The summed E-state index contributed by atoms with van der Waals surface area (Å²) in [4.78, 5) is 30.4. The standard InChI is InChI=1S/C8H9N3O5/c1-5-2-3-8(10(13)14,11(15)16)4-6(5)7(9)12/h2,4H,3H2,1H3,(H2,9,12). The normalized spacial score (nSPS) is 18.3. The monoisotopic (exact) mass is 227 g/mol. The van der Waals surface area contributed by atoms with E-state index in [4.69, 9.17) is 5.73 Å². The highest BCUT2D eigenvalue weighted by Gasteiger charge is 2.55. The van der Waals surface area contributed by atoms with Crippen LogP contribution in [0.3, 0.4) is 0 Å². The zero-order valence-electron chi connectivity index (χ0n) is 8.37. The van der Waals surface area contributed by atoms with Gasteiger partial charge in [-0.25, -0.2) is 0 Å². The second kappa shape index (κ2) is 3.72. The summed E-state index contributed by atoms with van der Waals surface area (Å²) in [5, 5.41) is 21.5. The van der Waals surface area contributed by atoms with Gasteiger partial charge in [-0.2, -0.15) is 0 Å². The van der Waals surface area contributed by atoms with Crippen LogP contribution in [0.1, 0.15) is 13.3 Å². The molecule has 0 aromatic heterocycles. The largest absolute Gasteiger partial charge is 0.482 e. The maximum atomic E-state index is 11.0. The second-order valence-electron chi connectivity index (χ2n) is 3.41. The van der Waals surface area contributed by atoms with Gasteiger partial charge in [0.1, 0.15) is 16.3 Å². The van der Waals surface area contributed by atoms with Gasteiger partial charge in [0.15, 0.2) is 0 Å². The highest BCUT2D eigenvalue weighted by atomic mass is 16.7. The van der Waals surface area contributed by atoms with Crippen molar-refractivity contribution < 1.29 is 14.6 Å². The molecule has 0 atom stereocenters. The first kappa shape index (κ1) is 11.8. The predicted octanol–water partition coefficient (Wildman–Crippen LogP) is -0.00220. The molecule has 1 aliphatic carbocycles. The number of carbonyl (C=O) groups excluding carboxylic acids is 1. The Balaban J connectivity index is 3.34. The average molecular weight is 227 g/mol. The first-order chi connectivity index (χ1) is 7.31. The van der Waals surface area contributed by atoms with Crippen LogP contribution in [0.5, 0.6) is 0 Å². The smallest absolute Gasteiger partial charge is 0.366 e. The molecular weight excluding hydrogens is 218 g/mol. The van der Waals surface area contributed by atoms with E-state index in [-0.39, 0.29) is 5.57 Å². The number of hydrogen-bond donors (Lipinski definition) is 1. The van der Waals surface area contributed by atoms with E-state index in [0.717, 1.165) is 0 Å². The lowest BCUT2D eigenvalue weighted by molar-refractivity contribution is -0.780. The lowest BCUT2D eigenvalue weighted by Crippen LogP contribution is -2.46. The molecule has 0 spiro atoms. The molecule has 0 saturated heterocycles. The molecule has 86 valence electrons. The number of amides is 1. The molecule has 1 amide bonds. The van der Waals surface area contributed by atoms with Crippen LogP contribution in [0.2, 0.25) is 0 Å². The molecule has 0 bridgehead atoms. The third-order valence-corrected chi connectivity index (χ3v) is 2.41. The van der Waals surface area contributed by atoms with E-state index >= 15 is 0 Å². The van der Waals surface area contributed by atoms with Gasteiger partial charge in [0.05, 0.1) is 11.6 Å². The molecule has 0 fully saturated rings. The van der Waals surface area contributed by atoms with Gasteiger partial charge in [-0.15, -0.1) is 0 Å². The van der Waals surface area contributed by atoms with Crippen LogP contribution in [0.4, 0.5) is 0 Å². The molecule has 0 aromatic rings. The van der Waals surface area contributed by atoms with Crippen LogP contribution in [-0.2, 0) is 4.79 Å². The Bertz CT molecular complexity index is 423. The van der Waals surface area contributed by atoms with Crippen molar-refractivity contribution in [2.45, 2.75) is 19.0 Å². The van der Waals surface area contributed by atoms with E-state index < -0.39 is 27.8 Å². The molecule has 0 radical (unpaired) electrons. The molecule has 2 N–H and O–H groups in total. The molecule has 1 aliphatic rings. The molecular formula is C8H9N3O5. The fourth-order valence-electron chi connectivity index (χ4n) is 1.40. The third-order valence-electron chi connectivity index (χ3n) is 2.41. The van der Waals surface area contributed by atoms with Gasteiger partial charge in [-0.05, 0) is 12.5 Å². The van der Waals surface area contributed by atoms with E-state index in [2.05, 4.69) is 0 Å². The summed E-state index contributed by atoms with van der Waals surface area (Å²) >= 11 is 0. The first-order valence-electron chi connectivity index (χ1n) is 4.30. The van der Waals surface area contributed by atoms with Crippen LogP contribution in [0.15, 0.2) is 23.3 Å². The van der Waals surface area contributed by atoms with Crippen molar-refractivity contribution in [3.05, 3.63) is 43.5 Å². The van der Waals surface area contributed by atoms with Gasteiger partial charge in [-0.1, -0.05) is 6.08 Å². The Hall–Kier alpha value is -2.25. The van der Waals surface area contributed by atoms with Crippen LogP contribution in [0, 0.1) is 20.2 Å². The molecule has 1 rings (SSSR count). The predicted molar refractivity (Wildman–Crippen MR) is 52.4 cm³/mol. The van der Waals surface area contributed by atoms with Gasteiger partial charge in [0, 0.05) is 0 Å². The highest BCUT2D eigenvalue weighted by Crippen LogP contribution is 2.29. The van der Waals surface area contributed by atoms with Crippen LogP contribution >= 0.6 is 0 Å². The Morgan fingerprint density at radius 3 is 2.31 bits per heavy atom. The zero-order chi connectivity index (χ0) is 12.5. The molecule has 0 heterocycles. The number of nitrogens with zero attached hydrogens (tertiary/aromatic N) is 2. The summed E-state index contributed by atoms with van der Waals surface area (Å²) in [6.45, 7) is 1.51. The van der Waals surface area contributed by atoms with Crippen molar-refractivity contribution in [3.63, 3.8) is 0 Å². The van der Waals surface area contributed by atoms with Crippen molar-refractivity contribution in [2.75, 3.05) is 0 Å². The maximum Gasteiger partial charge on any atom is 0.482 e. The summed E-state index contributed by atoms with van der Waals surface area (Å²) in [5.74, 6) is -0.915. The van der Waals surface area contributed by atoms with Crippen LogP contribution < -0.4 is 5.73 Å². The van der Waals surface area contributed by atoms with Gasteiger partial charge in [-0.3, -0.25) is 25.0 Å². The van der Waals surface area contributed by atoms with E-state index in [0.29, 0.717) is 11.6 Å². The highest BCUT2D eigenvalue weighted by molar-refractivity contribution is 5.96. The van der Waals surface area contributed by atoms with Gasteiger partial charge in [0.2, 0.25) is 5.91 Å². The zero-order valence-corrected chi connectivity index (χ0v) is 8.37. The van der Waals surface area contributed by atoms with Crippen molar-refractivity contribution >= 4 is 5.91 Å². The minimum absolute atomic E-state index is 0.181. The number of rotatable bonds is 3. The van der Waals surface area contributed by atoms with E-state index in [1.54, 1.807) is 0 Å². The van der Waals surface area contributed by atoms with Crippen LogP contribution in [-0.4, -0.2) is 21.4 Å². The summed E-state index contributed by atoms with van der Waals surface area (Å²) in [5.41, 5.74) is 2.73. The number of carbonyl (C=O) groups is 1. The van der Waals surface area contributed by atoms with Crippen molar-refractivity contribution in [3.8, 4) is 0 Å². The fraction of sp³-hybridized carbons (Fsp3) is 0.375. The SMILES string of the molecule is CC1=CCC([N+](=O)[O-])([N+](=O)[O-])C=C1C(N)=O. The summed E-state index contributed by atoms with van der Waals surface area (Å²) < 4.78 is 0. The Morgan fingerprint density at radius 1 is 1.44 bits per heavy atom. The van der Waals surface area contributed by atoms with Gasteiger partial charge >= 0.3 is 5.66 Å². The number of nitrogens with two attached hydrogens (primary N) is 1. The van der Waals surface area contributed by atoms with E-state index in [1.165, 1.54) is 13.0 Å². The van der Waals surface area contributed by atoms with E-state index in [9.17, 15) is 25.0 Å². The number of hydrogen-bond acceptors (Lipinski definition) is 5.